The second-order valence-corrected chi connectivity index (χ2v) is 8.21. The van der Waals surface area contributed by atoms with E-state index in [2.05, 4.69) is 43.0 Å². The zero-order valence-electron chi connectivity index (χ0n) is 15.0. The Hall–Kier alpha value is -0.870. The summed E-state index contributed by atoms with van der Waals surface area (Å²) in [4.78, 5) is 17.4. The Labute approximate surface area is 140 Å². The maximum atomic E-state index is 13.0. The highest BCUT2D eigenvalue weighted by molar-refractivity contribution is 5.82. The Kier molecular flexibility index (Phi) is 4.84. The average molecular weight is 320 g/mol. The monoisotopic (exact) mass is 320 g/mol. The van der Waals surface area contributed by atoms with E-state index in [-0.39, 0.29) is 11.0 Å². The van der Waals surface area contributed by atoms with Gasteiger partial charge in [0.15, 0.2) is 0 Å². The Balaban J connectivity index is 1.60. The molecular formula is C19H32N2O2. The molecule has 0 saturated carbocycles. The number of rotatable bonds is 2. The first-order chi connectivity index (χ1) is 10.9. The first kappa shape index (κ1) is 17.0. The molecule has 4 heteroatoms. The number of ether oxygens (including phenoxy) is 1. The summed E-state index contributed by atoms with van der Waals surface area (Å²) in [6.45, 7) is 4.72. The topological polar surface area (TPSA) is 32.8 Å². The molecule has 2 fully saturated rings. The van der Waals surface area contributed by atoms with Crippen LogP contribution in [-0.4, -0.2) is 61.1 Å². The summed E-state index contributed by atoms with van der Waals surface area (Å²) in [5.74, 6) is 0.358. The van der Waals surface area contributed by atoms with E-state index in [4.69, 9.17) is 4.74 Å². The molecule has 23 heavy (non-hydrogen) atoms. The van der Waals surface area contributed by atoms with E-state index >= 15 is 0 Å². The minimum Gasteiger partial charge on any atom is -0.375 e. The highest BCUT2D eigenvalue weighted by Gasteiger charge is 2.44. The number of carbonyl (C=O) groups is 1. The molecule has 2 unspecified atom stereocenters. The van der Waals surface area contributed by atoms with Crippen molar-refractivity contribution in [2.45, 2.75) is 63.5 Å². The molecule has 0 N–H and O–H groups in total. The third-order valence-electron chi connectivity index (χ3n) is 6.27. The fourth-order valence-corrected chi connectivity index (χ4v) is 4.45. The van der Waals surface area contributed by atoms with Crippen LogP contribution in [0.5, 0.6) is 0 Å². The van der Waals surface area contributed by atoms with Gasteiger partial charge in [0, 0.05) is 25.7 Å². The molecule has 0 aromatic heterocycles. The summed E-state index contributed by atoms with van der Waals surface area (Å²) in [5.41, 5.74) is -0.170. The van der Waals surface area contributed by atoms with Crippen LogP contribution in [0.15, 0.2) is 12.2 Å². The summed E-state index contributed by atoms with van der Waals surface area (Å²) in [7, 11) is 4.33. The van der Waals surface area contributed by atoms with Crippen LogP contribution in [0, 0.1) is 5.41 Å². The van der Waals surface area contributed by atoms with Crippen molar-refractivity contribution >= 4 is 5.91 Å². The third-order valence-corrected chi connectivity index (χ3v) is 6.27. The van der Waals surface area contributed by atoms with Gasteiger partial charge < -0.3 is 14.5 Å². The van der Waals surface area contributed by atoms with Crippen LogP contribution in [-0.2, 0) is 9.53 Å². The largest absolute Gasteiger partial charge is 0.375 e. The Morgan fingerprint density at radius 1 is 1.22 bits per heavy atom. The molecule has 2 aliphatic heterocycles. The molecule has 130 valence electrons. The lowest BCUT2D eigenvalue weighted by molar-refractivity contribution is -0.155. The van der Waals surface area contributed by atoms with Gasteiger partial charge in [0.25, 0.3) is 0 Å². The fraction of sp³-hybridized carbons (Fsp3) is 0.842. The zero-order chi connectivity index (χ0) is 16.5. The van der Waals surface area contributed by atoms with E-state index in [1.54, 1.807) is 0 Å². The molecule has 0 radical (unpaired) electrons. The molecule has 3 rings (SSSR count). The van der Waals surface area contributed by atoms with Gasteiger partial charge in [-0.3, -0.25) is 4.79 Å². The van der Waals surface area contributed by atoms with Crippen molar-refractivity contribution in [3.05, 3.63) is 12.2 Å². The summed E-state index contributed by atoms with van der Waals surface area (Å²) < 4.78 is 6.21. The fourth-order valence-electron chi connectivity index (χ4n) is 4.45. The lowest BCUT2D eigenvalue weighted by atomic mass is 9.76. The van der Waals surface area contributed by atoms with E-state index in [9.17, 15) is 4.79 Å². The van der Waals surface area contributed by atoms with Gasteiger partial charge in [-0.1, -0.05) is 19.1 Å². The molecule has 2 heterocycles. The SMILES string of the molecule is CN(C)C1CCOC2(CCN(C(=O)C3(C)CC=CCC3)CC2)C1. The van der Waals surface area contributed by atoms with Gasteiger partial charge in [0.2, 0.25) is 5.91 Å². The minimum atomic E-state index is -0.182. The molecule has 1 amide bonds. The van der Waals surface area contributed by atoms with Crippen LogP contribution in [0.25, 0.3) is 0 Å². The normalized spacial score (nSPS) is 34.1. The predicted octanol–water partition coefficient (Wildman–Crippen LogP) is 2.83. The molecule has 1 aliphatic carbocycles. The minimum absolute atomic E-state index is 0.0112. The second kappa shape index (κ2) is 6.56. The molecule has 4 nitrogen and oxygen atoms in total. The number of allylic oxidation sites excluding steroid dienone is 2. The number of piperidine rings is 1. The molecule has 2 atom stereocenters. The van der Waals surface area contributed by atoms with Crippen LogP contribution in [0.4, 0.5) is 0 Å². The zero-order valence-corrected chi connectivity index (χ0v) is 15.0. The smallest absolute Gasteiger partial charge is 0.228 e. The van der Waals surface area contributed by atoms with Gasteiger partial charge in [0.1, 0.15) is 0 Å². The number of carbonyl (C=O) groups excluding carboxylic acids is 1. The van der Waals surface area contributed by atoms with Crippen molar-refractivity contribution in [2.24, 2.45) is 5.41 Å². The van der Waals surface area contributed by atoms with Gasteiger partial charge >= 0.3 is 0 Å². The standard InChI is InChI=1S/C19H32N2O2/c1-18(8-5-4-6-9-18)17(22)21-12-10-19(11-13-21)15-16(20(2)3)7-14-23-19/h4-5,16H,6-15H2,1-3H3. The number of amides is 1. The van der Waals surface area contributed by atoms with Gasteiger partial charge in [0.05, 0.1) is 11.0 Å². The van der Waals surface area contributed by atoms with Gasteiger partial charge in [-0.05, 0) is 59.0 Å². The number of hydrogen-bond donors (Lipinski definition) is 0. The van der Waals surface area contributed by atoms with Crippen LogP contribution >= 0.6 is 0 Å². The lowest BCUT2D eigenvalue weighted by Crippen LogP contribution is -2.55. The summed E-state index contributed by atoms with van der Waals surface area (Å²) >= 11 is 0. The first-order valence-electron chi connectivity index (χ1n) is 9.19. The summed E-state index contributed by atoms with van der Waals surface area (Å²) in [6, 6.07) is 0.618. The van der Waals surface area contributed by atoms with Crippen molar-refractivity contribution in [1.29, 1.82) is 0 Å². The van der Waals surface area contributed by atoms with E-state index in [1.165, 1.54) is 0 Å². The third kappa shape index (κ3) is 3.48. The highest BCUT2D eigenvalue weighted by atomic mass is 16.5. The van der Waals surface area contributed by atoms with Crippen molar-refractivity contribution in [3.63, 3.8) is 0 Å². The van der Waals surface area contributed by atoms with Gasteiger partial charge in [-0.2, -0.15) is 0 Å². The predicted molar refractivity (Wildman–Crippen MR) is 92.3 cm³/mol. The number of hydrogen-bond acceptors (Lipinski definition) is 3. The molecule has 0 aromatic carbocycles. The van der Waals surface area contributed by atoms with Crippen molar-refractivity contribution < 1.29 is 9.53 Å². The maximum absolute atomic E-state index is 13.0. The quantitative estimate of drug-likeness (QED) is 0.734. The van der Waals surface area contributed by atoms with Crippen molar-refractivity contribution in [2.75, 3.05) is 33.8 Å². The van der Waals surface area contributed by atoms with Gasteiger partial charge in [-0.15, -0.1) is 0 Å². The number of likely N-dealkylation sites (tertiary alicyclic amines) is 1. The Morgan fingerprint density at radius 2 is 1.96 bits per heavy atom. The average Bonchev–Trinajstić information content (AvgIpc) is 2.56. The van der Waals surface area contributed by atoms with Crippen LogP contribution in [0.3, 0.4) is 0 Å². The van der Waals surface area contributed by atoms with E-state index in [1.807, 2.05) is 0 Å². The van der Waals surface area contributed by atoms with Crippen molar-refractivity contribution in [3.8, 4) is 0 Å². The molecule has 1 spiro atoms. The molecular weight excluding hydrogens is 288 g/mol. The Morgan fingerprint density at radius 3 is 2.57 bits per heavy atom. The lowest BCUT2D eigenvalue weighted by Gasteiger charge is -2.48. The summed E-state index contributed by atoms with van der Waals surface area (Å²) in [5, 5.41) is 0. The Bertz CT molecular complexity index is 466. The second-order valence-electron chi connectivity index (χ2n) is 8.21. The van der Waals surface area contributed by atoms with E-state index in [0.717, 1.165) is 64.6 Å². The summed E-state index contributed by atoms with van der Waals surface area (Å²) in [6.07, 6.45) is 11.5. The van der Waals surface area contributed by atoms with Gasteiger partial charge in [-0.25, -0.2) is 0 Å². The maximum Gasteiger partial charge on any atom is 0.228 e. The molecule has 3 aliphatic rings. The van der Waals surface area contributed by atoms with Crippen LogP contribution < -0.4 is 0 Å². The van der Waals surface area contributed by atoms with E-state index < -0.39 is 0 Å². The van der Waals surface area contributed by atoms with Crippen LogP contribution in [0.1, 0.15) is 51.9 Å². The van der Waals surface area contributed by atoms with Crippen LogP contribution in [0.2, 0.25) is 0 Å². The molecule has 0 aromatic rings. The molecule has 0 bridgehead atoms. The number of nitrogens with zero attached hydrogens (tertiary/aromatic N) is 2. The van der Waals surface area contributed by atoms with Crippen molar-refractivity contribution in [1.82, 2.24) is 9.80 Å². The van der Waals surface area contributed by atoms with E-state index in [0.29, 0.717) is 11.9 Å². The molecule has 2 saturated heterocycles. The first-order valence-corrected chi connectivity index (χ1v) is 9.19. The highest BCUT2D eigenvalue weighted by Crippen LogP contribution is 2.39.